The summed E-state index contributed by atoms with van der Waals surface area (Å²) in [5.74, 6) is 0.0445. The van der Waals surface area contributed by atoms with Crippen molar-refractivity contribution >= 4 is 16.1 Å². The first kappa shape index (κ1) is 18.9. The molecule has 0 spiro atoms. The molecule has 1 N–H and O–H groups in total. The molecule has 4 rings (SSSR count). The van der Waals surface area contributed by atoms with Gasteiger partial charge >= 0.3 is 6.03 Å². The quantitative estimate of drug-likeness (QED) is 0.824. The number of hydrogen-bond donors (Lipinski definition) is 1. The highest BCUT2D eigenvalue weighted by Crippen LogP contribution is 2.25. The van der Waals surface area contributed by atoms with Crippen LogP contribution in [0.25, 0.3) is 0 Å². The van der Waals surface area contributed by atoms with Crippen molar-refractivity contribution in [2.24, 2.45) is 0 Å². The number of urea groups is 1. The highest BCUT2D eigenvalue weighted by molar-refractivity contribution is 7.89. The van der Waals surface area contributed by atoms with Crippen molar-refractivity contribution in [2.45, 2.75) is 23.6 Å². The fourth-order valence-electron chi connectivity index (χ4n) is 3.48. The van der Waals surface area contributed by atoms with Gasteiger partial charge in [0.2, 0.25) is 10.0 Å². The molecule has 0 unspecified atom stereocenters. The molecule has 2 aliphatic rings. The number of morpholine rings is 2. The summed E-state index contributed by atoms with van der Waals surface area (Å²) in [6, 6.07) is 8.21. The van der Waals surface area contributed by atoms with Gasteiger partial charge in [0, 0.05) is 13.1 Å². The van der Waals surface area contributed by atoms with E-state index in [0.717, 1.165) is 6.07 Å². The Labute approximate surface area is 161 Å². The van der Waals surface area contributed by atoms with E-state index in [1.165, 1.54) is 28.8 Å². The Bertz CT molecular complexity index is 936. The van der Waals surface area contributed by atoms with Gasteiger partial charge < -0.3 is 19.4 Å². The standard InChI is InChI=1S/C18H20FN3O5S/c19-13-3-1-5-17(7-13)28(24,25)22-11-15-9-21(10-16(12-22)27-15)18(23)20-8-14-4-2-6-26-14/h1-7,15-16H,8-12H2,(H,20,23)/t15-,16+. The van der Waals surface area contributed by atoms with Crippen molar-refractivity contribution in [3.05, 3.63) is 54.2 Å². The number of amides is 2. The van der Waals surface area contributed by atoms with Gasteiger partial charge in [-0.25, -0.2) is 17.6 Å². The van der Waals surface area contributed by atoms with Crippen LogP contribution in [-0.4, -0.2) is 62.0 Å². The SMILES string of the molecule is O=C(NCc1ccco1)N1C[C@@H]2CN(S(=O)(=O)c3cccc(F)c3)C[C@H](C1)O2. The van der Waals surface area contributed by atoms with E-state index in [-0.39, 0.29) is 43.7 Å². The number of carbonyl (C=O) groups excluding carboxylic acids is 1. The lowest BCUT2D eigenvalue weighted by Crippen LogP contribution is -2.62. The second-order valence-corrected chi connectivity index (χ2v) is 8.74. The van der Waals surface area contributed by atoms with Crippen molar-refractivity contribution in [3.8, 4) is 0 Å². The molecule has 1 aromatic heterocycles. The Hall–Kier alpha value is -2.43. The lowest BCUT2D eigenvalue weighted by molar-refractivity contribution is -0.111. The topological polar surface area (TPSA) is 92.1 Å². The molecular formula is C18H20FN3O5S. The minimum Gasteiger partial charge on any atom is -0.467 e. The van der Waals surface area contributed by atoms with Crippen LogP contribution in [0, 0.1) is 5.82 Å². The Morgan fingerprint density at radius 3 is 2.54 bits per heavy atom. The maximum Gasteiger partial charge on any atom is 0.317 e. The molecule has 0 saturated carbocycles. The van der Waals surface area contributed by atoms with E-state index < -0.39 is 28.0 Å². The van der Waals surface area contributed by atoms with Gasteiger partial charge in [-0.1, -0.05) is 6.07 Å². The summed E-state index contributed by atoms with van der Waals surface area (Å²) in [5.41, 5.74) is 0. The van der Waals surface area contributed by atoms with Gasteiger partial charge in [0.1, 0.15) is 11.6 Å². The number of nitrogens with zero attached hydrogens (tertiary/aromatic N) is 2. The van der Waals surface area contributed by atoms with Crippen LogP contribution in [0.15, 0.2) is 52.0 Å². The number of ether oxygens (including phenoxy) is 1. The maximum atomic E-state index is 13.4. The molecule has 2 saturated heterocycles. The number of furan rings is 1. The number of sulfonamides is 1. The van der Waals surface area contributed by atoms with Crippen LogP contribution in [0.2, 0.25) is 0 Å². The molecule has 0 aliphatic carbocycles. The van der Waals surface area contributed by atoms with Gasteiger partial charge in [-0.2, -0.15) is 4.31 Å². The average molecular weight is 409 g/mol. The van der Waals surface area contributed by atoms with Gasteiger partial charge in [0.25, 0.3) is 0 Å². The van der Waals surface area contributed by atoms with Crippen LogP contribution < -0.4 is 5.32 Å². The molecule has 10 heteroatoms. The van der Waals surface area contributed by atoms with Crippen LogP contribution in [0.4, 0.5) is 9.18 Å². The third-order valence-electron chi connectivity index (χ3n) is 4.76. The summed E-state index contributed by atoms with van der Waals surface area (Å²) in [6.45, 7) is 1.04. The molecular weight excluding hydrogens is 389 g/mol. The van der Waals surface area contributed by atoms with Crippen LogP contribution in [0.5, 0.6) is 0 Å². The molecule has 3 heterocycles. The first-order valence-corrected chi connectivity index (χ1v) is 10.3. The van der Waals surface area contributed by atoms with Gasteiger partial charge in [-0.05, 0) is 30.3 Å². The number of nitrogens with one attached hydrogen (secondary N) is 1. The smallest absolute Gasteiger partial charge is 0.317 e. The summed E-state index contributed by atoms with van der Waals surface area (Å²) in [4.78, 5) is 13.9. The van der Waals surface area contributed by atoms with Crippen LogP contribution >= 0.6 is 0 Å². The molecule has 2 aromatic rings. The Balaban J connectivity index is 1.40. The summed E-state index contributed by atoms with van der Waals surface area (Å²) in [5, 5.41) is 2.78. The van der Waals surface area contributed by atoms with Crippen molar-refractivity contribution in [2.75, 3.05) is 26.2 Å². The van der Waals surface area contributed by atoms with Crippen LogP contribution in [0.3, 0.4) is 0 Å². The Kier molecular flexibility index (Phi) is 5.09. The van der Waals surface area contributed by atoms with E-state index in [1.54, 1.807) is 17.0 Å². The molecule has 150 valence electrons. The van der Waals surface area contributed by atoms with E-state index >= 15 is 0 Å². The first-order valence-electron chi connectivity index (χ1n) is 8.88. The normalized spacial score (nSPS) is 22.8. The third kappa shape index (κ3) is 3.89. The monoisotopic (exact) mass is 409 g/mol. The van der Waals surface area contributed by atoms with E-state index in [4.69, 9.17) is 9.15 Å². The molecule has 2 fully saturated rings. The van der Waals surface area contributed by atoms with Crippen LogP contribution in [-0.2, 0) is 21.3 Å². The molecule has 1 aromatic carbocycles. The second-order valence-electron chi connectivity index (χ2n) is 6.80. The molecule has 2 amide bonds. The highest BCUT2D eigenvalue weighted by atomic mass is 32.2. The number of carbonyl (C=O) groups is 1. The third-order valence-corrected chi connectivity index (χ3v) is 6.59. The van der Waals surface area contributed by atoms with Crippen molar-refractivity contribution in [3.63, 3.8) is 0 Å². The Morgan fingerprint density at radius 2 is 1.89 bits per heavy atom. The molecule has 0 radical (unpaired) electrons. The van der Waals surface area contributed by atoms with Crippen LogP contribution in [0.1, 0.15) is 5.76 Å². The minimum absolute atomic E-state index is 0.0829. The molecule has 2 bridgehead atoms. The predicted molar refractivity (Wildman–Crippen MR) is 96.3 cm³/mol. The number of fused-ring (bicyclic) bond motifs is 2. The first-order chi connectivity index (χ1) is 13.4. The summed E-state index contributed by atoms with van der Waals surface area (Å²) in [6.07, 6.45) is 0.657. The lowest BCUT2D eigenvalue weighted by Gasteiger charge is -2.45. The largest absolute Gasteiger partial charge is 0.467 e. The second kappa shape index (κ2) is 7.53. The summed E-state index contributed by atoms with van der Waals surface area (Å²) in [7, 11) is -3.82. The number of rotatable bonds is 4. The molecule has 8 nitrogen and oxygen atoms in total. The predicted octanol–water partition coefficient (Wildman–Crippen LogP) is 1.40. The van der Waals surface area contributed by atoms with Gasteiger partial charge in [-0.3, -0.25) is 0 Å². The zero-order valence-corrected chi connectivity index (χ0v) is 15.8. The van der Waals surface area contributed by atoms with Gasteiger partial charge in [0.15, 0.2) is 0 Å². The van der Waals surface area contributed by atoms with Gasteiger partial charge in [0.05, 0.1) is 43.0 Å². The van der Waals surface area contributed by atoms with Crippen molar-refractivity contribution in [1.29, 1.82) is 0 Å². The van der Waals surface area contributed by atoms with Crippen molar-refractivity contribution < 1.29 is 26.8 Å². The average Bonchev–Trinajstić information content (AvgIpc) is 3.19. The molecule has 2 atom stereocenters. The zero-order chi connectivity index (χ0) is 19.7. The Morgan fingerprint density at radius 1 is 1.14 bits per heavy atom. The minimum atomic E-state index is -3.82. The maximum absolute atomic E-state index is 13.4. The van der Waals surface area contributed by atoms with E-state index in [9.17, 15) is 17.6 Å². The summed E-state index contributed by atoms with van der Waals surface area (Å²) >= 11 is 0. The fraction of sp³-hybridized carbons (Fsp3) is 0.389. The van der Waals surface area contributed by atoms with Gasteiger partial charge in [-0.15, -0.1) is 0 Å². The van der Waals surface area contributed by atoms with E-state index in [0.29, 0.717) is 5.76 Å². The number of hydrogen-bond acceptors (Lipinski definition) is 5. The summed E-state index contributed by atoms with van der Waals surface area (Å²) < 4.78 is 51.4. The molecule has 28 heavy (non-hydrogen) atoms. The number of halogens is 1. The fourth-order valence-corrected chi connectivity index (χ4v) is 5.02. The van der Waals surface area contributed by atoms with E-state index in [2.05, 4.69) is 5.32 Å². The van der Waals surface area contributed by atoms with E-state index in [1.807, 2.05) is 0 Å². The highest BCUT2D eigenvalue weighted by Gasteiger charge is 2.41. The van der Waals surface area contributed by atoms with Crippen molar-refractivity contribution in [1.82, 2.24) is 14.5 Å². The molecule has 2 aliphatic heterocycles. The lowest BCUT2D eigenvalue weighted by atomic mass is 10.1. The zero-order valence-electron chi connectivity index (χ0n) is 15.0. The number of benzene rings is 1.